The van der Waals surface area contributed by atoms with Crippen LogP contribution in [0.25, 0.3) is 0 Å². The minimum atomic E-state index is -0.570. The standard InChI is InChI=1S/C14H20ClN3O3/c1-14(2,7-8-16)6-5-13(19)17-11-4-3-10(15)9-12(11)18(20)21/h3-4,9H,5-8,16H2,1-2H3,(H,17,19). The summed E-state index contributed by atoms with van der Waals surface area (Å²) in [6.45, 7) is 4.65. The number of carbonyl (C=O) groups is 1. The van der Waals surface area contributed by atoms with Crippen molar-refractivity contribution in [3.8, 4) is 0 Å². The molecule has 0 bridgehead atoms. The van der Waals surface area contributed by atoms with Crippen LogP contribution in [0.4, 0.5) is 11.4 Å². The zero-order chi connectivity index (χ0) is 16.0. The van der Waals surface area contributed by atoms with Crippen molar-refractivity contribution >= 4 is 28.9 Å². The third-order valence-corrected chi connectivity index (χ3v) is 3.52. The first-order valence-corrected chi connectivity index (χ1v) is 7.07. The van der Waals surface area contributed by atoms with Gasteiger partial charge in [-0.2, -0.15) is 0 Å². The lowest BCUT2D eigenvalue weighted by atomic mass is 9.84. The molecule has 1 rings (SSSR count). The molecule has 6 nitrogen and oxygen atoms in total. The summed E-state index contributed by atoms with van der Waals surface area (Å²) in [5, 5.41) is 13.8. The Morgan fingerprint density at radius 2 is 2.10 bits per heavy atom. The number of hydrogen-bond donors (Lipinski definition) is 2. The quantitative estimate of drug-likeness (QED) is 0.595. The van der Waals surface area contributed by atoms with Gasteiger partial charge < -0.3 is 11.1 Å². The number of nitrogens with zero attached hydrogens (tertiary/aromatic N) is 1. The van der Waals surface area contributed by atoms with Crippen LogP contribution in [-0.4, -0.2) is 17.4 Å². The lowest BCUT2D eigenvalue weighted by Crippen LogP contribution is -2.21. The number of nitro benzene ring substituents is 1. The summed E-state index contributed by atoms with van der Waals surface area (Å²) < 4.78 is 0. The molecule has 116 valence electrons. The van der Waals surface area contributed by atoms with Gasteiger partial charge in [0.15, 0.2) is 0 Å². The number of rotatable bonds is 7. The van der Waals surface area contributed by atoms with E-state index in [1.165, 1.54) is 18.2 Å². The Morgan fingerprint density at radius 1 is 1.43 bits per heavy atom. The summed E-state index contributed by atoms with van der Waals surface area (Å²) in [5.74, 6) is -0.259. The second kappa shape index (κ2) is 7.38. The Bertz CT molecular complexity index is 532. The number of amides is 1. The highest BCUT2D eigenvalue weighted by Crippen LogP contribution is 2.29. The summed E-state index contributed by atoms with van der Waals surface area (Å²) in [6, 6.07) is 4.15. The molecule has 0 unspecified atom stereocenters. The molecule has 0 atom stereocenters. The van der Waals surface area contributed by atoms with Crippen molar-refractivity contribution in [3.05, 3.63) is 33.3 Å². The number of nitrogens with one attached hydrogen (secondary N) is 1. The molecule has 0 radical (unpaired) electrons. The van der Waals surface area contributed by atoms with E-state index in [0.717, 1.165) is 6.42 Å². The predicted molar refractivity (Wildman–Crippen MR) is 83.4 cm³/mol. The maximum atomic E-state index is 11.9. The van der Waals surface area contributed by atoms with Gasteiger partial charge in [-0.3, -0.25) is 14.9 Å². The Morgan fingerprint density at radius 3 is 2.67 bits per heavy atom. The van der Waals surface area contributed by atoms with Crippen molar-refractivity contribution in [2.45, 2.75) is 33.1 Å². The van der Waals surface area contributed by atoms with Crippen molar-refractivity contribution in [1.82, 2.24) is 0 Å². The molecular formula is C14H20ClN3O3. The van der Waals surface area contributed by atoms with Gasteiger partial charge in [-0.1, -0.05) is 25.4 Å². The van der Waals surface area contributed by atoms with E-state index >= 15 is 0 Å². The molecule has 1 aromatic rings. The average molecular weight is 314 g/mol. The van der Waals surface area contributed by atoms with Gasteiger partial charge in [0.25, 0.3) is 5.69 Å². The normalized spacial score (nSPS) is 11.2. The Kier molecular flexibility index (Phi) is 6.11. The van der Waals surface area contributed by atoms with Crippen LogP contribution < -0.4 is 11.1 Å². The van der Waals surface area contributed by atoms with E-state index in [1.807, 2.05) is 13.8 Å². The third kappa shape index (κ3) is 5.69. The highest BCUT2D eigenvalue weighted by molar-refractivity contribution is 6.31. The minimum Gasteiger partial charge on any atom is -0.330 e. The minimum absolute atomic E-state index is 0.0297. The highest BCUT2D eigenvalue weighted by atomic mass is 35.5. The number of halogens is 1. The zero-order valence-corrected chi connectivity index (χ0v) is 12.9. The number of hydrogen-bond acceptors (Lipinski definition) is 4. The molecule has 0 aliphatic rings. The number of anilines is 1. The first-order chi connectivity index (χ1) is 9.75. The molecule has 7 heteroatoms. The van der Waals surface area contributed by atoms with Crippen LogP contribution in [0, 0.1) is 15.5 Å². The molecule has 0 aliphatic heterocycles. The lowest BCUT2D eigenvalue weighted by Gasteiger charge is -2.23. The monoisotopic (exact) mass is 313 g/mol. The number of nitrogens with two attached hydrogens (primary N) is 1. The molecule has 0 aliphatic carbocycles. The van der Waals surface area contributed by atoms with Gasteiger partial charge in [0.2, 0.25) is 5.91 Å². The van der Waals surface area contributed by atoms with Gasteiger partial charge in [-0.25, -0.2) is 0 Å². The van der Waals surface area contributed by atoms with Gasteiger partial charge in [0.1, 0.15) is 5.69 Å². The first-order valence-electron chi connectivity index (χ1n) is 6.69. The van der Waals surface area contributed by atoms with E-state index in [2.05, 4.69) is 5.32 Å². The second-order valence-electron chi connectivity index (χ2n) is 5.67. The fourth-order valence-corrected chi connectivity index (χ4v) is 2.11. The third-order valence-electron chi connectivity index (χ3n) is 3.28. The van der Waals surface area contributed by atoms with E-state index in [-0.39, 0.29) is 34.1 Å². The summed E-state index contributed by atoms with van der Waals surface area (Å²) in [7, 11) is 0. The molecular weight excluding hydrogens is 294 g/mol. The van der Waals surface area contributed by atoms with Gasteiger partial charge in [-0.05, 0) is 36.9 Å². The fraction of sp³-hybridized carbons (Fsp3) is 0.500. The molecule has 21 heavy (non-hydrogen) atoms. The van der Waals surface area contributed by atoms with Crippen LogP contribution in [0.3, 0.4) is 0 Å². The summed E-state index contributed by atoms with van der Waals surface area (Å²) in [6.07, 6.45) is 1.77. The predicted octanol–water partition coefficient (Wildman–Crippen LogP) is 3.34. The van der Waals surface area contributed by atoms with Crippen molar-refractivity contribution in [2.24, 2.45) is 11.1 Å². The molecule has 0 fully saturated rings. The Hall–Kier alpha value is -1.66. The smallest absolute Gasteiger partial charge is 0.294 e. The maximum Gasteiger partial charge on any atom is 0.294 e. The Labute approximate surface area is 128 Å². The van der Waals surface area contributed by atoms with Crippen molar-refractivity contribution in [1.29, 1.82) is 0 Å². The maximum absolute atomic E-state index is 11.9. The SMILES string of the molecule is CC(C)(CCN)CCC(=O)Nc1ccc(Cl)cc1[N+](=O)[O-]. The Balaban J connectivity index is 2.69. The molecule has 0 spiro atoms. The molecule has 0 aromatic heterocycles. The number of carbonyl (C=O) groups excluding carboxylic acids is 1. The van der Waals surface area contributed by atoms with Crippen molar-refractivity contribution in [3.63, 3.8) is 0 Å². The van der Waals surface area contributed by atoms with E-state index < -0.39 is 4.92 Å². The van der Waals surface area contributed by atoms with Crippen LogP contribution in [0.15, 0.2) is 18.2 Å². The number of nitro groups is 1. The number of benzene rings is 1. The molecule has 3 N–H and O–H groups in total. The van der Waals surface area contributed by atoms with Gasteiger partial charge in [0.05, 0.1) is 4.92 Å². The van der Waals surface area contributed by atoms with E-state index in [4.69, 9.17) is 17.3 Å². The largest absolute Gasteiger partial charge is 0.330 e. The lowest BCUT2D eigenvalue weighted by molar-refractivity contribution is -0.383. The van der Waals surface area contributed by atoms with Crippen LogP contribution in [0.1, 0.15) is 33.1 Å². The molecule has 0 heterocycles. The zero-order valence-electron chi connectivity index (χ0n) is 12.2. The van der Waals surface area contributed by atoms with Gasteiger partial charge in [-0.15, -0.1) is 0 Å². The molecule has 0 saturated heterocycles. The van der Waals surface area contributed by atoms with Crippen LogP contribution >= 0.6 is 11.6 Å². The van der Waals surface area contributed by atoms with Crippen molar-refractivity contribution in [2.75, 3.05) is 11.9 Å². The van der Waals surface area contributed by atoms with E-state index in [1.54, 1.807) is 0 Å². The molecule has 1 amide bonds. The summed E-state index contributed by atoms with van der Waals surface area (Å²) >= 11 is 5.72. The summed E-state index contributed by atoms with van der Waals surface area (Å²) in [5.41, 5.74) is 5.44. The molecule has 0 saturated carbocycles. The van der Waals surface area contributed by atoms with E-state index in [0.29, 0.717) is 13.0 Å². The van der Waals surface area contributed by atoms with E-state index in [9.17, 15) is 14.9 Å². The van der Waals surface area contributed by atoms with Gasteiger partial charge in [0, 0.05) is 17.5 Å². The van der Waals surface area contributed by atoms with Crippen LogP contribution in [0.2, 0.25) is 5.02 Å². The van der Waals surface area contributed by atoms with Crippen LogP contribution in [0.5, 0.6) is 0 Å². The molecule has 1 aromatic carbocycles. The first kappa shape index (κ1) is 17.4. The fourth-order valence-electron chi connectivity index (χ4n) is 1.94. The second-order valence-corrected chi connectivity index (χ2v) is 6.11. The summed E-state index contributed by atoms with van der Waals surface area (Å²) in [4.78, 5) is 22.3. The topological polar surface area (TPSA) is 98.3 Å². The highest BCUT2D eigenvalue weighted by Gasteiger charge is 2.20. The van der Waals surface area contributed by atoms with Gasteiger partial charge >= 0.3 is 0 Å². The van der Waals surface area contributed by atoms with Crippen molar-refractivity contribution < 1.29 is 9.72 Å². The van der Waals surface area contributed by atoms with Crippen LogP contribution in [-0.2, 0) is 4.79 Å². The average Bonchev–Trinajstić information content (AvgIpc) is 2.38.